The Labute approximate surface area is 140 Å². The Hall–Kier alpha value is -1.39. The molecule has 0 aliphatic carbocycles. The molecule has 1 fully saturated rings. The minimum absolute atomic E-state index is 0.0791. The van der Waals surface area contributed by atoms with Crippen LogP contribution in [-0.2, 0) is 9.53 Å². The summed E-state index contributed by atoms with van der Waals surface area (Å²) in [6.45, 7) is 8.88. The van der Waals surface area contributed by atoms with E-state index in [-0.39, 0.29) is 12.5 Å². The van der Waals surface area contributed by atoms with Crippen molar-refractivity contribution in [2.45, 2.75) is 46.5 Å². The third-order valence-electron chi connectivity index (χ3n) is 3.91. The molecule has 1 aliphatic heterocycles. The Morgan fingerprint density at radius 3 is 2.30 bits per heavy atom. The molecule has 130 valence electrons. The van der Waals surface area contributed by atoms with Crippen LogP contribution in [0.3, 0.4) is 0 Å². The quantitative estimate of drug-likeness (QED) is 0.551. The highest BCUT2D eigenvalue weighted by molar-refractivity contribution is 5.93. The number of rotatable bonds is 8. The van der Waals surface area contributed by atoms with Gasteiger partial charge in [0.15, 0.2) is 0 Å². The van der Waals surface area contributed by atoms with Gasteiger partial charge in [0.05, 0.1) is 19.8 Å². The molecular weight excluding hydrogens is 290 g/mol. The van der Waals surface area contributed by atoms with E-state index in [1.54, 1.807) is 0 Å². The maximum atomic E-state index is 12.7. The van der Waals surface area contributed by atoms with Crippen LogP contribution in [0.1, 0.15) is 46.5 Å². The van der Waals surface area contributed by atoms with Crippen molar-refractivity contribution < 1.29 is 14.6 Å². The first kappa shape index (κ1) is 19.7. The third-order valence-corrected chi connectivity index (χ3v) is 3.91. The van der Waals surface area contributed by atoms with E-state index in [0.29, 0.717) is 26.3 Å². The van der Waals surface area contributed by atoms with E-state index in [1.807, 2.05) is 17.9 Å². The minimum atomic E-state index is 0.0791. The Morgan fingerprint density at radius 2 is 1.70 bits per heavy atom. The summed E-state index contributed by atoms with van der Waals surface area (Å²) in [5, 5.41) is 8.90. The summed E-state index contributed by atoms with van der Waals surface area (Å²) >= 11 is 0. The number of aliphatic hydroxyl groups is 1. The molecule has 1 amide bonds. The van der Waals surface area contributed by atoms with Gasteiger partial charge in [0.25, 0.3) is 0 Å². The summed E-state index contributed by atoms with van der Waals surface area (Å²) in [6.07, 6.45) is 9.47. The van der Waals surface area contributed by atoms with Gasteiger partial charge in [-0.2, -0.15) is 0 Å². The second-order valence-electron chi connectivity index (χ2n) is 6.23. The number of carbonyl (C=O) groups is 1. The summed E-state index contributed by atoms with van der Waals surface area (Å²) in [7, 11) is 0. The van der Waals surface area contributed by atoms with Crippen LogP contribution in [0.5, 0.6) is 0 Å². The summed E-state index contributed by atoms with van der Waals surface area (Å²) in [5.41, 5.74) is 3.34. The summed E-state index contributed by atoms with van der Waals surface area (Å²) in [5.74, 6) is 0.152. The SMILES string of the molecule is CC(C)=CCC/C(=C/CC/C(C)=C/CO)C(=O)N1CCOCC1. The number of aliphatic hydroxyl groups excluding tert-OH is 1. The van der Waals surface area contributed by atoms with Gasteiger partial charge >= 0.3 is 0 Å². The fourth-order valence-electron chi connectivity index (χ4n) is 2.51. The van der Waals surface area contributed by atoms with Crippen LogP contribution in [0, 0.1) is 0 Å². The molecular formula is C19H31NO3. The average Bonchev–Trinajstić information content (AvgIpc) is 2.53. The fourth-order valence-corrected chi connectivity index (χ4v) is 2.51. The lowest BCUT2D eigenvalue weighted by Gasteiger charge is -2.27. The summed E-state index contributed by atoms with van der Waals surface area (Å²) in [6, 6.07) is 0. The molecule has 0 aromatic rings. The highest BCUT2D eigenvalue weighted by atomic mass is 16.5. The highest BCUT2D eigenvalue weighted by Crippen LogP contribution is 2.15. The Kier molecular flexibility index (Phi) is 9.57. The molecule has 0 bridgehead atoms. The summed E-state index contributed by atoms with van der Waals surface area (Å²) in [4.78, 5) is 14.6. The second kappa shape index (κ2) is 11.2. The zero-order chi connectivity index (χ0) is 17.1. The first-order chi connectivity index (χ1) is 11.0. The van der Waals surface area contributed by atoms with Gasteiger partial charge in [-0.15, -0.1) is 0 Å². The Bertz CT molecular complexity index is 453. The van der Waals surface area contributed by atoms with Crippen LogP contribution in [0.2, 0.25) is 0 Å². The minimum Gasteiger partial charge on any atom is -0.392 e. The predicted molar refractivity (Wildman–Crippen MR) is 94.2 cm³/mol. The second-order valence-corrected chi connectivity index (χ2v) is 6.23. The van der Waals surface area contributed by atoms with Crippen LogP contribution in [0.25, 0.3) is 0 Å². The maximum absolute atomic E-state index is 12.7. The molecule has 1 rings (SSSR count). The summed E-state index contributed by atoms with van der Waals surface area (Å²) < 4.78 is 5.33. The van der Waals surface area contributed by atoms with Crippen LogP contribution in [-0.4, -0.2) is 48.8 Å². The number of ether oxygens (including phenoxy) is 1. The zero-order valence-electron chi connectivity index (χ0n) is 14.8. The van der Waals surface area contributed by atoms with Crippen molar-refractivity contribution in [1.82, 2.24) is 4.90 Å². The van der Waals surface area contributed by atoms with Crippen molar-refractivity contribution >= 4 is 5.91 Å². The molecule has 0 spiro atoms. The standard InChI is InChI=1S/C19H31NO3/c1-16(2)6-4-8-18(9-5-7-17(3)10-13-21)19(22)20-11-14-23-15-12-20/h6,9-10,21H,4-5,7-8,11-15H2,1-3H3/b17-10+,18-9-. The molecule has 0 atom stereocenters. The zero-order valence-corrected chi connectivity index (χ0v) is 14.8. The molecule has 1 heterocycles. The fraction of sp³-hybridized carbons (Fsp3) is 0.632. The monoisotopic (exact) mass is 321 g/mol. The van der Waals surface area contributed by atoms with Crippen LogP contribution in [0.15, 0.2) is 34.9 Å². The van der Waals surface area contributed by atoms with Crippen molar-refractivity contribution in [2.75, 3.05) is 32.9 Å². The van der Waals surface area contributed by atoms with Crippen molar-refractivity contribution in [1.29, 1.82) is 0 Å². The van der Waals surface area contributed by atoms with Gasteiger partial charge in [-0.05, 0) is 46.5 Å². The van der Waals surface area contributed by atoms with Crippen molar-refractivity contribution in [3.8, 4) is 0 Å². The van der Waals surface area contributed by atoms with Gasteiger partial charge in [-0.3, -0.25) is 4.79 Å². The van der Waals surface area contributed by atoms with Gasteiger partial charge in [-0.1, -0.05) is 29.4 Å². The van der Waals surface area contributed by atoms with E-state index in [2.05, 4.69) is 26.0 Å². The largest absolute Gasteiger partial charge is 0.392 e. The number of amides is 1. The van der Waals surface area contributed by atoms with Crippen LogP contribution in [0.4, 0.5) is 0 Å². The smallest absolute Gasteiger partial charge is 0.249 e. The molecule has 0 saturated carbocycles. The van der Waals surface area contributed by atoms with Gasteiger partial charge in [0.2, 0.25) is 5.91 Å². The molecule has 0 radical (unpaired) electrons. The Balaban J connectivity index is 2.68. The van der Waals surface area contributed by atoms with Gasteiger partial charge in [0.1, 0.15) is 0 Å². The molecule has 4 nitrogen and oxygen atoms in total. The van der Waals surface area contributed by atoms with E-state index < -0.39 is 0 Å². The van der Waals surface area contributed by atoms with E-state index >= 15 is 0 Å². The van der Waals surface area contributed by atoms with E-state index in [9.17, 15) is 4.79 Å². The lowest BCUT2D eigenvalue weighted by Crippen LogP contribution is -2.41. The maximum Gasteiger partial charge on any atom is 0.249 e. The molecule has 23 heavy (non-hydrogen) atoms. The first-order valence-corrected chi connectivity index (χ1v) is 8.50. The van der Waals surface area contributed by atoms with E-state index in [4.69, 9.17) is 9.84 Å². The average molecular weight is 321 g/mol. The highest BCUT2D eigenvalue weighted by Gasteiger charge is 2.19. The van der Waals surface area contributed by atoms with Crippen LogP contribution < -0.4 is 0 Å². The Morgan fingerprint density at radius 1 is 1.04 bits per heavy atom. The predicted octanol–water partition coefficient (Wildman–Crippen LogP) is 3.24. The number of hydrogen-bond donors (Lipinski definition) is 1. The van der Waals surface area contributed by atoms with Crippen LogP contribution >= 0.6 is 0 Å². The molecule has 4 heteroatoms. The number of nitrogens with zero attached hydrogens (tertiary/aromatic N) is 1. The third kappa shape index (κ3) is 8.14. The van der Waals surface area contributed by atoms with E-state index in [1.165, 1.54) is 5.57 Å². The molecule has 1 aliphatic rings. The van der Waals surface area contributed by atoms with Crippen molar-refractivity contribution in [3.05, 3.63) is 34.9 Å². The normalized spacial score (nSPS) is 16.4. The number of allylic oxidation sites excluding steroid dienone is 4. The molecule has 0 aromatic carbocycles. The number of carbonyl (C=O) groups excluding carboxylic acids is 1. The lowest BCUT2D eigenvalue weighted by molar-refractivity contribution is -0.131. The topological polar surface area (TPSA) is 49.8 Å². The van der Waals surface area contributed by atoms with Gasteiger partial charge in [-0.25, -0.2) is 0 Å². The first-order valence-electron chi connectivity index (χ1n) is 8.50. The van der Waals surface area contributed by atoms with Crippen molar-refractivity contribution in [3.63, 3.8) is 0 Å². The molecule has 1 N–H and O–H groups in total. The molecule has 0 aromatic heterocycles. The van der Waals surface area contributed by atoms with Gasteiger partial charge in [0, 0.05) is 18.7 Å². The molecule has 1 saturated heterocycles. The van der Waals surface area contributed by atoms with Crippen molar-refractivity contribution in [2.24, 2.45) is 0 Å². The van der Waals surface area contributed by atoms with Gasteiger partial charge < -0.3 is 14.7 Å². The number of morpholine rings is 1. The number of hydrogen-bond acceptors (Lipinski definition) is 3. The lowest BCUT2D eigenvalue weighted by atomic mass is 10.0. The molecule has 0 unspecified atom stereocenters. The van der Waals surface area contributed by atoms with E-state index in [0.717, 1.165) is 36.8 Å².